The Labute approximate surface area is 305 Å². The number of nitrogens with zero attached hydrogens (tertiary/aromatic N) is 1. The molecular weight excluding hydrogens is 649 g/mol. The van der Waals surface area contributed by atoms with Gasteiger partial charge in [-0.3, -0.25) is 0 Å². The van der Waals surface area contributed by atoms with Crippen molar-refractivity contribution < 1.29 is 0 Å². The summed E-state index contributed by atoms with van der Waals surface area (Å²) in [7, 11) is 0. The van der Waals surface area contributed by atoms with Gasteiger partial charge in [0.1, 0.15) is 0 Å². The minimum absolute atomic E-state index is 0.0373. The van der Waals surface area contributed by atoms with E-state index in [2.05, 4.69) is 192 Å². The maximum Gasteiger partial charge on any atom is 0.0774 e. The van der Waals surface area contributed by atoms with Crippen LogP contribution >= 0.6 is 11.3 Å². The first-order valence-corrected chi connectivity index (χ1v) is 18.7. The summed E-state index contributed by atoms with van der Waals surface area (Å²) in [6, 6.07) is 66.6. The van der Waals surface area contributed by atoms with E-state index in [0.717, 1.165) is 0 Å². The third-order valence-corrected chi connectivity index (χ3v) is 12.0. The first-order chi connectivity index (χ1) is 25.8. The summed E-state index contributed by atoms with van der Waals surface area (Å²) in [6.07, 6.45) is 0. The minimum Gasteiger partial charge on any atom is -0.373 e. The molecule has 1 atom stereocenters. The van der Waals surface area contributed by atoms with E-state index in [-0.39, 0.29) is 6.04 Å². The number of hydrogen-bond donors (Lipinski definition) is 1. The van der Waals surface area contributed by atoms with Crippen LogP contribution in [-0.2, 0) is 0 Å². The summed E-state index contributed by atoms with van der Waals surface area (Å²) in [5.41, 5.74) is 14.8. The quantitative estimate of drug-likeness (QED) is 0.196. The monoisotopic (exact) mass is 680 g/mol. The molecule has 0 saturated heterocycles. The predicted octanol–water partition coefficient (Wildman–Crippen LogP) is 13.7. The third kappa shape index (κ3) is 4.43. The van der Waals surface area contributed by atoms with Gasteiger partial charge in [0, 0.05) is 47.8 Å². The fourth-order valence-electron chi connectivity index (χ4n) is 8.50. The van der Waals surface area contributed by atoms with Gasteiger partial charge in [0.05, 0.1) is 22.8 Å². The second-order valence-corrected chi connectivity index (χ2v) is 14.8. The first kappa shape index (κ1) is 29.3. The predicted molar refractivity (Wildman–Crippen MR) is 222 cm³/mol. The van der Waals surface area contributed by atoms with E-state index in [1.54, 1.807) is 0 Å². The molecule has 3 heteroatoms. The number of anilines is 1. The van der Waals surface area contributed by atoms with Gasteiger partial charge in [-0.2, -0.15) is 0 Å². The van der Waals surface area contributed by atoms with Crippen molar-refractivity contribution in [2.24, 2.45) is 0 Å². The highest BCUT2D eigenvalue weighted by atomic mass is 32.1. The number of benzene rings is 8. The molecule has 2 aromatic heterocycles. The number of hydrogen-bond acceptors (Lipinski definition) is 2. The van der Waals surface area contributed by atoms with Crippen molar-refractivity contribution in [1.29, 1.82) is 0 Å². The Kier molecular flexibility index (Phi) is 6.52. The van der Waals surface area contributed by atoms with Crippen LogP contribution in [0.3, 0.4) is 0 Å². The average molecular weight is 681 g/mol. The highest BCUT2D eigenvalue weighted by Gasteiger charge is 2.30. The van der Waals surface area contributed by atoms with Gasteiger partial charge in [0.15, 0.2) is 0 Å². The van der Waals surface area contributed by atoms with Crippen LogP contribution in [-0.4, -0.2) is 4.57 Å². The van der Waals surface area contributed by atoms with E-state index in [0.29, 0.717) is 0 Å². The van der Waals surface area contributed by atoms with Gasteiger partial charge in [-0.1, -0.05) is 146 Å². The smallest absolute Gasteiger partial charge is 0.0774 e. The maximum atomic E-state index is 4.04. The van der Waals surface area contributed by atoms with Crippen molar-refractivity contribution in [3.05, 3.63) is 193 Å². The fourth-order valence-corrected chi connectivity index (χ4v) is 9.61. The Balaban J connectivity index is 1.06. The van der Waals surface area contributed by atoms with E-state index < -0.39 is 0 Å². The molecule has 0 fully saturated rings. The molecule has 244 valence electrons. The molecule has 0 amide bonds. The Hall–Kier alpha value is -6.42. The molecule has 10 aromatic rings. The number of fused-ring (bicyclic) bond motifs is 10. The molecule has 0 spiro atoms. The summed E-state index contributed by atoms with van der Waals surface area (Å²) in [5, 5.41) is 9.27. The number of para-hydroxylation sites is 3. The van der Waals surface area contributed by atoms with E-state index in [1.807, 2.05) is 11.3 Å². The van der Waals surface area contributed by atoms with Crippen molar-refractivity contribution in [3.63, 3.8) is 0 Å². The van der Waals surface area contributed by atoms with E-state index in [4.69, 9.17) is 0 Å². The molecule has 3 heterocycles. The summed E-state index contributed by atoms with van der Waals surface area (Å²) in [5.74, 6) is 0. The second kappa shape index (κ2) is 11.6. The zero-order valence-electron chi connectivity index (χ0n) is 28.3. The Morgan fingerprint density at radius 1 is 0.462 bits per heavy atom. The molecule has 8 aromatic carbocycles. The largest absolute Gasteiger partial charge is 0.373 e. The molecule has 11 rings (SSSR count). The van der Waals surface area contributed by atoms with Crippen LogP contribution in [0.25, 0.3) is 81.0 Å². The highest BCUT2D eigenvalue weighted by Crippen LogP contribution is 2.52. The third-order valence-electron chi connectivity index (χ3n) is 10.9. The van der Waals surface area contributed by atoms with Crippen molar-refractivity contribution in [1.82, 2.24) is 4.57 Å². The zero-order chi connectivity index (χ0) is 34.2. The summed E-state index contributed by atoms with van der Waals surface area (Å²) in [4.78, 5) is 0. The van der Waals surface area contributed by atoms with Crippen LogP contribution < -0.4 is 5.32 Å². The standard InChI is InChI=1S/C49H32N2S/c1-3-12-33(13-4-1)48-41-28-29-45-47(39-17-8-10-21-44(39)52-45)46(41)40-19-11-18-36(49(40)50-48)32-24-22-31(23-25-32)34-26-27-38-37-16-7-9-20-42(37)51(43(38)30-34)35-14-5-2-6-15-35/h1-30,48,50H. The normalized spacial score (nSPS) is 13.7. The highest BCUT2D eigenvalue weighted by molar-refractivity contribution is 7.26. The Bertz CT molecular complexity index is 2970. The molecule has 1 unspecified atom stereocenters. The van der Waals surface area contributed by atoms with E-state index >= 15 is 0 Å². The summed E-state index contributed by atoms with van der Waals surface area (Å²) < 4.78 is 5.05. The molecule has 52 heavy (non-hydrogen) atoms. The van der Waals surface area contributed by atoms with Crippen molar-refractivity contribution >= 4 is 59.0 Å². The maximum absolute atomic E-state index is 4.04. The molecular formula is C49H32N2S. The minimum atomic E-state index is 0.0373. The van der Waals surface area contributed by atoms with Crippen LogP contribution in [0.15, 0.2) is 182 Å². The lowest BCUT2D eigenvalue weighted by Crippen LogP contribution is -2.19. The SMILES string of the molecule is c1ccc(C2Nc3c(-c4ccc(-c5ccc6c7ccccc7n(-c7ccccc7)c6c5)cc4)cccc3-c3c2ccc2sc4ccccc4c32)cc1. The van der Waals surface area contributed by atoms with Gasteiger partial charge in [-0.15, -0.1) is 11.3 Å². The number of nitrogens with one attached hydrogen (secondary N) is 1. The number of rotatable bonds is 4. The van der Waals surface area contributed by atoms with E-state index in [9.17, 15) is 0 Å². The summed E-state index contributed by atoms with van der Waals surface area (Å²) in [6.45, 7) is 0. The van der Waals surface area contributed by atoms with Gasteiger partial charge in [-0.05, 0) is 69.8 Å². The van der Waals surface area contributed by atoms with Crippen molar-refractivity contribution in [2.45, 2.75) is 6.04 Å². The van der Waals surface area contributed by atoms with Gasteiger partial charge < -0.3 is 9.88 Å². The lowest BCUT2D eigenvalue weighted by molar-refractivity contribution is 0.933. The molecule has 0 radical (unpaired) electrons. The number of thiophene rings is 1. The lowest BCUT2D eigenvalue weighted by atomic mass is 9.82. The van der Waals surface area contributed by atoms with Crippen molar-refractivity contribution in [3.8, 4) is 39.1 Å². The Morgan fingerprint density at radius 3 is 1.98 bits per heavy atom. The average Bonchev–Trinajstić information content (AvgIpc) is 3.76. The van der Waals surface area contributed by atoms with Crippen LogP contribution in [0, 0.1) is 0 Å². The molecule has 2 nitrogen and oxygen atoms in total. The lowest BCUT2D eigenvalue weighted by Gasteiger charge is -2.32. The van der Waals surface area contributed by atoms with Gasteiger partial charge in [-0.25, -0.2) is 0 Å². The van der Waals surface area contributed by atoms with Gasteiger partial charge in [0.25, 0.3) is 0 Å². The van der Waals surface area contributed by atoms with Crippen molar-refractivity contribution in [2.75, 3.05) is 5.32 Å². The molecule has 0 saturated carbocycles. The fraction of sp³-hybridized carbons (Fsp3) is 0.0204. The van der Waals surface area contributed by atoms with Gasteiger partial charge in [0.2, 0.25) is 0 Å². The first-order valence-electron chi connectivity index (χ1n) is 17.9. The second-order valence-electron chi connectivity index (χ2n) is 13.7. The molecule has 0 aliphatic carbocycles. The molecule has 1 aliphatic heterocycles. The molecule has 1 N–H and O–H groups in total. The topological polar surface area (TPSA) is 17.0 Å². The van der Waals surface area contributed by atoms with E-state index in [1.165, 1.54) is 97.9 Å². The van der Waals surface area contributed by atoms with Crippen LogP contribution in [0.2, 0.25) is 0 Å². The Morgan fingerprint density at radius 2 is 1.13 bits per heavy atom. The zero-order valence-corrected chi connectivity index (χ0v) is 29.1. The summed E-state index contributed by atoms with van der Waals surface area (Å²) >= 11 is 1.89. The molecule has 1 aliphatic rings. The van der Waals surface area contributed by atoms with Gasteiger partial charge >= 0.3 is 0 Å². The van der Waals surface area contributed by atoms with Crippen LogP contribution in [0.4, 0.5) is 5.69 Å². The van der Waals surface area contributed by atoms with Crippen LogP contribution in [0.1, 0.15) is 17.2 Å². The number of aromatic nitrogens is 1. The molecule has 0 bridgehead atoms. The van der Waals surface area contributed by atoms with Crippen LogP contribution in [0.5, 0.6) is 0 Å².